The van der Waals surface area contributed by atoms with E-state index in [4.69, 9.17) is 4.74 Å². The van der Waals surface area contributed by atoms with Crippen LogP contribution in [0.2, 0.25) is 0 Å². The first kappa shape index (κ1) is 16.4. The molecule has 0 unspecified atom stereocenters. The van der Waals surface area contributed by atoms with Gasteiger partial charge in [0.05, 0.1) is 12.7 Å². The minimum atomic E-state index is -2.64. The number of thiophene rings is 1. The summed E-state index contributed by atoms with van der Waals surface area (Å²) in [4.78, 5) is 14.3. The molecule has 0 aromatic carbocycles. The van der Waals surface area contributed by atoms with Crippen LogP contribution in [0.4, 0.5) is 8.78 Å². The highest BCUT2D eigenvalue weighted by molar-refractivity contribution is 7.07. The predicted octanol–water partition coefficient (Wildman–Crippen LogP) is 2.36. The van der Waals surface area contributed by atoms with Crippen LogP contribution in [-0.4, -0.2) is 49.1 Å². The average molecular weight is 356 g/mol. The van der Waals surface area contributed by atoms with Crippen molar-refractivity contribution in [1.29, 1.82) is 0 Å². The fraction of sp³-hybridized carbons (Fsp3) is 0.706. The molecule has 2 aliphatic heterocycles. The highest BCUT2D eigenvalue weighted by Gasteiger charge is 2.49. The number of fused-ring (bicyclic) bond motifs is 1. The van der Waals surface area contributed by atoms with E-state index >= 15 is 0 Å². The van der Waals surface area contributed by atoms with Crippen LogP contribution in [0.5, 0.6) is 0 Å². The molecule has 1 aromatic heterocycles. The van der Waals surface area contributed by atoms with Crippen molar-refractivity contribution in [2.24, 2.45) is 17.8 Å². The fourth-order valence-corrected chi connectivity index (χ4v) is 4.74. The van der Waals surface area contributed by atoms with Gasteiger partial charge in [0, 0.05) is 56.8 Å². The third-order valence-corrected chi connectivity index (χ3v) is 6.23. The van der Waals surface area contributed by atoms with Gasteiger partial charge in [0.2, 0.25) is 11.8 Å². The number of likely N-dealkylation sites (tertiary alicyclic amines) is 1. The van der Waals surface area contributed by atoms with Crippen LogP contribution in [0.15, 0.2) is 16.8 Å². The average Bonchev–Trinajstić information content (AvgIpc) is 3.20. The molecule has 7 heteroatoms. The van der Waals surface area contributed by atoms with E-state index in [0.29, 0.717) is 19.1 Å². The van der Waals surface area contributed by atoms with Gasteiger partial charge in [0.1, 0.15) is 0 Å². The molecule has 1 saturated carbocycles. The molecule has 3 fully saturated rings. The van der Waals surface area contributed by atoms with Crippen molar-refractivity contribution < 1.29 is 18.3 Å². The third kappa shape index (κ3) is 3.34. The summed E-state index contributed by atoms with van der Waals surface area (Å²) in [6.45, 7) is 4.04. The topological polar surface area (TPSA) is 41.6 Å². The van der Waals surface area contributed by atoms with Gasteiger partial charge in [-0.15, -0.1) is 0 Å². The largest absolute Gasteiger partial charge is 0.376 e. The third-order valence-electron chi connectivity index (χ3n) is 5.50. The molecular weight excluding hydrogens is 334 g/mol. The number of carbonyl (C=O) groups excluding carboxylic acids is 1. The van der Waals surface area contributed by atoms with Crippen molar-refractivity contribution in [3.05, 3.63) is 22.4 Å². The molecule has 0 radical (unpaired) electrons. The van der Waals surface area contributed by atoms with Crippen LogP contribution < -0.4 is 5.32 Å². The lowest BCUT2D eigenvalue weighted by Gasteiger charge is -2.34. The summed E-state index contributed by atoms with van der Waals surface area (Å²) in [5.74, 6) is -2.68. The van der Waals surface area contributed by atoms with Crippen LogP contribution in [0.25, 0.3) is 0 Å². The summed E-state index contributed by atoms with van der Waals surface area (Å²) >= 11 is 1.71. The van der Waals surface area contributed by atoms with Gasteiger partial charge in [-0.25, -0.2) is 8.78 Å². The lowest BCUT2D eigenvalue weighted by molar-refractivity contribution is -0.150. The number of carbonyl (C=O) groups is 1. The second-order valence-electron chi connectivity index (χ2n) is 7.33. The fourth-order valence-electron chi connectivity index (χ4n) is 4.08. The van der Waals surface area contributed by atoms with Crippen LogP contribution in [0.3, 0.4) is 0 Å². The number of alkyl halides is 2. The number of halogens is 2. The quantitative estimate of drug-likeness (QED) is 0.881. The SMILES string of the molecule is O=C(NC[C@@H]1CO[C@@H]2CN(Cc3ccsc3)C[C@H]12)C1CC(F)(F)C1. The molecule has 4 nitrogen and oxygen atoms in total. The van der Waals surface area contributed by atoms with Crippen molar-refractivity contribution in [2.45, 2.75) is 31.4 Å². The first-order valence-corrected chi connectivity index (χ1v) is 9.45. The predicted molar refractivity (Wildman–Crippen MR) is 87.0 cm³/mol. The Balaban J connectivity index is 1.25. The van der Waals surface area contributed by atoms with Gasteiger partial charge >= 0.3 is 0 Å². The lowest BCUT2D eigenvalue weighted by Crippen LogP contribution is -2.46. The molecule has 3 heterocycles. The van der Waals surface area contributed by atoms with E-state index in [9.17, 15) is 13.6 Å². The van der Waals surface area contributed by atoms with E-state index in [-0.39, 0.29) is 30.8 Å². The maximum absolute atomic E-state index is 12.9. The van der Waals surface area contributed by atoms with Crippen molar-refractivity contribution in [3.63, 3.8) is 0 Å². The Hall–Kier alpha value is -1.05. The first-order chi connectivity index (χ1) is 11.5. The standard InChI is InChI=1S/C17H22F2N2O2S/c18-17(19)3-12(4-17)16(22)20-5-13-9-23-15-8-21(7-14(13)15)6-11-1-2-24-10-11/h1-2,10,12-15H,3-9H2,(H,20,22)/t13-,14-,15-/m1/s1. The van der Waals surface area contributed by atoms with Crippen molar-refractivity contribution in [3.8, 4) is 0 Å². The Bertz CT molecular complexity index is 587. The van der Waals surface area contributed by atoms with E-state index in [1.807, 2.05) is 0 Å². The highest BCUT2D eigenvalue weighted by Crippen LogP contribution is 2.42. The Morgan fingerprint density at radius 1 is 1.42 bits per heavy atom. The van der Waals surface area contributed by atoms with Gasteiger partial charge in [-0.2, -0.15) is 11.3 Å². The Morgan fingerprint density at radius 2 is 2.25 bits per heavy atom. The molecule has 132 valence electrons. The second kappa shape index (κ2) is 6.35. The molecule has 0 bridgehead atoms. The number of hydrogen-bond acceptors (Lipinski definition) is 4. The minimum absolute atomic E-state index is 0.225. The highest BCUT2D eigenvalue weighted by atomic mass is 32.1. The number of nitrogens with one attached hydrogen (secondary N) is 1. The van der Waals surface area contributed by atoms with Crippen molar-refractivity contribution in [1.82, 2.24) is 10.2 Å². The molecule has 1 aromatic rings. The van der Waals surface area contributed by atoms with Gasteiger partial charge < -0.3 is 10.1 Å². The van der Waals surface area contributed by atoms with Gasteiger partial charge in [-0.1, -0.05) is 0 Å². The number of rotatable bonds is 5. The molecule has 0 spiro atoms. The van der Waals surface area contributed by atoms with E-state index < -0.39 is 11.8 Å². The zero-order valence-electron chi connectivity index (χ0n) is 13.4. The summed E-state index contributed by atoms with van der Waals surface area (Å²) in [6.07, 6.45) is -0.375. The monoisotopic (exact) mass is 356 g/mol. The van der Waals surface area contributed by atoms with Crippen LogP contribution in [-0.2, 0) is 16.1 Å². The summed E-state index contributed by atoms with van der Waals surface area (Å²) in [5, 5.41) is 7.12. The van der Waals surface area contributed by atoms with Gasteiger partial charge in [-0.3, -0.25) is 9.69 Å². The number of amides is 1. The number of nitrogens with zero attached hydrogens (tertiary/aromatic N) is 1. The molecule has 2 saturated heterocycles. The molecule has 1 amide bonds. The van der Waals surface area contributed by atoms with E-state index in [1.165, 1.54) is 5.56 Å². The molecule has 4 rings (SSSR count). The zero-order chi connectivity index (χ0) is 16.7. The minimum Gasteiger partial charge on any atom is -0.376 e. The molecule has 3 atom stereocenters. The van der Waals surface area contributed by atoms with E-state index in [0.717, 1.165) is 19.6 Å². The lowest BCUT2D eigenvalue weighted by atomic mass is 9.80. The second-order valence-corrected chi connectivity index (χ2v) is 8.11. The van der Waals surface area contributed by atoms with Gasteiger partial charge in [0.15, 0.2) is 0 Å². The van der Waals surface area contributed by atoms with E-state index in [2.05, 4.69) is 27.0 Å². The summed E-state index contributed by atoms with van der Waals surface area (Å²) in [5.41, 5.74) is 1.33. The number of ether oxygens (including phenoxy) is 1. The molecular formula is C17H22F2N2O2S. The van der Waals surface area contributed by atoms with Gasteiger partial charge in [-0.05, 0) is 22.4 Å². The van der Waals surface area contributed by atoms with E-state index in [1.54, 1.807) is 11.3 Å². The smallest absolute Gasteiger partial charge is 0.249 e. The van der Waals surface area contributed by atoms with Crippen LogP contribution >= 0.6 is 11.3 Å². The zero-order valence-corrected chi connectivity index (χ0v) is 14.2. The maximum atomic E-state index is 12.9. The molecule has 1 N–H and O–H groups in total. The molecule has 24 heavy (non-hydrogen) atoms. The molecule has 1 aliphatic carbocycles. The maximum Gasteiger partial charge on any atom is 0.249 e. The summed E-state index contributed by atoms with van der Waals surface area (Å²) in [6, 6.07) is 2.14. The Kier molecular flexibility index (Phi) is 4.34. The number of hydrogen-bond donors (Lipinski definition) is 1. The first-order valence-electron chi connectivity index (χ1n) is 8.51. The van der Waals surface area contributed by atoms with Crippen molar-refractivity contribution >= 4 is 17.2 Å². The Labute approximate surface area is 144 Å². The van der Waals surface area contributed by atoms with Crippen molar-refractivity contribution in [2.75, 3.05) is 26.2 Å². The van der Waals surface area contributed by atoms with Crippen LogP contribution in [0.1, 0.15) is 18.4 Å². The summed E-state index contributed by atoms with van der Waals surface area (Å²) < 4.78 is 31.6. The summed E-state index contributed by atoms with van der Waals surface area (Å²) in [7, 11) is 0. The Morgan fingerprint density at radius 3 is 2.96 bits per heavy atom. The van der Waals surface area contributed by atoms with Gasteiger partial charge in [0.25, 0.3) is 0 Å². The normalized spacial score (nSPS) is 32.5. The van der Waals surface area contributed by atoms with Crippen LogP contribution in [0, 0.1) is 17.8 Å². The molecule has 3 aliphatic rings.